The van der Waals surface area contributed by atoms with Gasteiger partial charge in [-0.3, -0.25) is 14.3 Å². The summed E-state index contributed by atoms with van der Waals surface area (Å²) in [4.78, 5) is 25.2. The van der Waals surface area contributed by atoms with Gasteiger partial charge in [-0.05, 0) is 33.3 Å². The molecule has 0 aliphatic rings. The molecule has 0 spiro atoms. The van der Waals surface area contributed by atoms with Crippen molar-refractivity contribution in [2.24, 2.45) is 5.92 Å². The van der Waals surface area contributed by atoms with E-state index in [0.717, 1.165) is 11.4 Å². The predicted molar refractivity (Wildman–Crippen MR) is 86.2 cm³/mol. The van der Waals surface area contributed by atoms with E-state index in [9.17, 15) is 9.59 Å². The Morgan fingerprint density at radius 3 is 2.65 bits per heavy atom. The smallest absolute Gasteiger partial charge is 0.308 e. The second-order valence-corrected chi connectivity index (χ2v) is 5.71. The highest BCUT2D eigenvalue weighted by atomic mass is 16.5. The van der Waals surface area contributed by atoms with Crippen molar-refractivity contribution in [1.29, 1.82) is 0 Å². The van der Waals surface area contributed by atoms with Crippen molar-refractivity contribution < 1.29 is 19.4 Å². The van der Waals surface area contributed by atoms with E-state index in [1.54, 1.807) is 16.5 Å². The fourth-order valence-electron chi connectivity index (χ4n) is 2.29. The molecule has 1 unspecified atom stereocenters. The number of aryl methyl sites for hydroxylation is 2. The number of ether oxygens (including phenoxy) is 1. The van der Waals surface area contributed by atoms with E-state index in [2.05, 4.69) is 5.10 Å². The maximum atomic E-state index is 12.5. The Balaban J connectivity index is 2.69. The van der Waals surface area contributed by atoms with Crippen molar-refractivity contribution in [1.82, 2.24) is 14.7 Å². The summed E-state index contributed by atoms with van der Waals surface area (Å²) in [5.74, 6) is -1.63. The molecule has 130 valence electrons. The summed E-state index contributed by atoms with van der Waals surface area (Å²) < 4.78 is 6.94. The first-order chi connectivity index (χ1) is 10.8. The fraction of sp³-hybridized carbons (Fsp3) is 0.688. The summed E-state index contributed by atoms with van der Waals surface area (Å²) in [7, 11) is 0. The third-order valence-electron chi connectivity index (χ3n) is 3.58. The lowest BCUT2D eigenvalue weighted by atomic mass is 10.1. The number of nitrogens with zero attached hydrogens (tertiary/aromatic N) is 3. The molecular formula is C16H27N3O4. The van der Waals surface area contributed by atoms with Crippen LogP contribution < -0.4 is 0 Å². The molecule has 1 aromatic heterocycles. The normalized spacial score (nSPS) is 12.2. The Labute approximate surface area is 137 Å². The number of aliphatic carboxylic acids is 1. The zero-order valence-electron chi connectivity index (χ0n) is 14.4. The molecule has 0 saturated heterocycles. The minimum atomic E-state index is -0.904. The van der Waals surface area contributed by atoms with Crippen LogP contribution in [0.4, 0.5) is 0 Å². The third kappa shape index (κ3) is 6.40. The lowest BCUT2D eigenvalue weighted by molar-refractivity contribution is -0.143. The number of hydrogen-bond acceptors (Lipinski definition) is 4. The van der Waals surface area contributed by atoms with Crippen molar-refractivity contribution in [2.45, 2.75) is 40.7 Å². The molecule has 1 atom stereocenters. The summed E-state index contributed by atoms with van der Waals surface area (Å²) in [5.41, 5.74) is 1.77. The number of rotatable bonds is 10. The van der Waals surface area contributed by atoms with E-state index in [1.165, 1.54) is 0 Å². The molecule has 0 saturated carbocycles. The Morgan fingerprint density at radius 2 is 2.13 bits per heavy atom. The van der Waals surface area contributed by atoms with Crippen LogP contribution in [0.15, 0.2) is 6.07 Å². The lowest BCUT2D eigenvalue weighted by Crippen LogP contribution is -2.40. The van der Waals surface area contributed by atoms with E-state index in [0.29, 0.717) is 26.2 Å². The molecule has 1 N–H and O–H groups in total. The summed E-state index contributed by atoms with van der Waals surface area (Å²) >= 11 is 0. The van der Waals surface area contributed by atoms with E-state index >= 15 is 0 Å². The first-order valence-corrected chi connectivity index (χ1v) is 7.94. The summed E-state index contributed by atoms with van der Waals surface area (Å²) in [6, 6.07) is 1.91. The Kier molecular flexibility index (Phi) is 7.74. The van der Waals surface area contributed by atoms with Gasteiger partial charge in [0.25, 0.3) is 0 Å². The molecule has 7 nitrogen and oxygen atoms in total. The van der Waals surface area contributed by atoms with Gasteiger partial charge in [0, 0.05) is 32.0 Å². The number of carbonyl (C=O) groups excluding carboxylic acids is 1. The van der Waals surface area contributed by atoms with Gasteiger partial charge in [-0.1, -0.05) is 6.92 Å². The van der Waals surface area contributed by atoms with E-state index in [-0.39, 0.29) is 19.0 Å². The second-order valence-electron chi connectivity index (χ2n) is 5.71. The van der Waals surface area contributed by atoms with Gasteiger partial charge in [-0.2, -0.15) is 5.10 Å². The molecule has 0 aliphatic carbocycles. The second kappa shape index (κ2) is 9.29. The number of hydrogen-bond donors (Lipinski definition) is 1. The third-order valence-corrected chi connectivity index (χ3v) is 3.58. The van der Waals surface area contributed by atoms with E-state index in [4.69, 9.17) is 9.84 Å². The zero-order valence-corrected chi connectivity index (χ0v) is 14.4. The number of carboxylic acid groups (broad SMARTS) is 1. The van der Waals surface area contributed by atoms with Crippen molar-refractivity contribution >= 4 is 11.9 Å². The molecule has 0 aromatic carbocycles. The molecule has 1 amide bonds. The molecule has 0 aliphatic heterocycles. The van der Waals surface area contributed by atoms with Crippen LogP contribution in [-0.2, 0) is 20.9 Å². The number of carboxylic acids is 1. The van der Waals surface area contributed by atoms with Crippen LogP contribution in [0.25, 0.3) is 0 Å². The van der Waals surface area contributed by atoms with Crippen molar-refractivity contribution in [2.75, 3.05) is 26.3 Å². The van der Waals surface area contributed by atoms with Crippen LogP contribution in [-0.4, -0.2) is 58.0 Å². The Morgan fingerprint density at radius 1 is 1.43 bits per heavy atom. The monoisotopic (exact) mass is 325 g/mol. The van der Waals surface area contributed by atoms with Gasteiger partial charge >= 0.3 is 5.97 Å². The van der Waals surface area contributed by atoms with Gasteiger partial charge in [-0.25, -0.2) is 0 Å². The van der Waals surface area contributed by atoms with Gasteiger partial charge in [0.15, 0.2) is 0 Å². The maximum Gasteiger partial charge on any atom is 0.308 e. The Bertz CT molecular complexity index is 527. The van der Waals surface area contributed by atoms with Crippen LogP contribution >= 0.6 is 0 Å². The summed E-state index contributed by atoms with van der Waals surface area (Å²) in [5, 5.41) is 13.4. The summed E-state index contributed by atoms with van der Waals surface area (Å²) in [6.07, 6.45) is 0.684. The van der Waals surface area contributed by atoms with Gasteiger partial charge in [0.2, 0.25) is 5.91 Å². The summed E-state index contributed by atoms with van der Waals surface area (Å²) in [6.45, 7) is 9.28. The number of aromatic nitrogens is 2. The van der Waals surface area contributed by atoms with E-state index in [1.807, 2.05) is 26.8 Å². The minimum absolute atomic E-state index is 0.124. The highest BCUT2D eigenvalue weighted by Crippen LogP contribution is 2.07. The minimum Gasteiger partial charge on any atom is -0.481 e. The zero-order chi connectivity index (χ0) is 17.4. The van der Waals surface area contributed by atoms with Gasteiger partial charge in [-0.15, -0.1) is 0 Å². The predicted octanol–water partition coefficient (Wildman–Crippen LogP) is 1.48. The standard InChI is InChI=1S/C16H27N3O4/c1-5-23-8-6-7-18(10-12(2)16(21)22)15(20)11-19-14(4)9-13(3)17-19/h9,12H,5-8,10-11H2,1-4H3,(H,21,22). The average Bonchev–Trinajstić information content (AvgIpc) is 2.79. The van der Waals surface area contributed by atoms with Crippen LogP contribution in [0.1, 0.15) is 31.7 Å². The van der Waals surface area contributed by atoms with Crippen molar-refractivity contribution in [3.05, 3.63) is 17.5 Å². The molecule has 1 heterocycles. The first-order valence-electron chi connectivity index (χ1n) is 7.94. The van der Waals surface area contributed by atoms with Crippen LogP contribution in [0.5, 0.6) is 0 Å². The highest BCUT2D eigenvalue weighted by Gasteiger charge is 2.21. The van der Waals surface area contributed by atoms with Gasteiger partial charge in [0.1, 0.15) is 6.54 Å². The fourth-order valence-corrected chi connectivity index (χ4v) is 2.29. The molecule has 0 bridgehead atoms. The lowest BCUT2D eigenvalue weighted by Gasteiger charge is -2.25. The average molecular weight is 325 g/mol. The molecular weight excluding hydrogens is 298 g/mol. The van der Waals surface area contributed by atoms with Crippen molar-refractivity contribution in [3.63, 3.8) is 0 Å². The van der Waals surface area contributed by atoms with Crippen LogP contribution in [0.2, 0.25) is 0 Å². The molecule has 0 fully saturated rings. The van der Waals surface area contributed by atoms with Gasteiger partial charge in [0.05, 0.1) is 11.6 Å². The quantitative estimate of drug-likeness (QED) is 0.659. The number of amides is 1. The highest BCUT2D eigenvalue weighted by molar-refractivity contribution is 5.77. The van der Waals surface area contributed by atoms with Gasteiger partial charge < -0.3 is 14.7 Å². The van der Waals surface area contributed by atoms with Crippen LogP contribution in [0.3, 0.4) is 0 Å². The molecule has 23 heavy (non-hydrogen) atoms. The largest absolute Gasteiger partial charge is 0.481 e. The van der Waals surface area contributed by atoms with Crippen LogP contribution in [0, 0.1) is 19.8 Å². The first kappa shape index (κ1) is 19.2. The van der Waals surface area contributed by atoms with Crippen molar-refractivity contribution in [3.8, 4) is 0 Å². The molecule has 0 radical (unpaired) electrons. The topological polar surface area (TPSA) is 84.7 Å². The number of carbonyl (C=O) groups is 2. The SMILES string of the molecule is CCOCCCN(CC(C)C(=O)O)C(=O)Cn1nc(C)cc1C. The van der Waals surface area contributed by atoms with E-state index < -0.39 is 11.9 Å². The molecule has 1 rings (SSSR count). The maximum absolute atomic E-state index is 12.5. The molecule has 7 heteroatoms. The molecule has 1 aromatic rings. The Hall–Kier alpha value is -1.89.